The molecule has 2 rings (SSSR count). The van der Waals surface area contributed by atoms with E-state index in [-0.39, 0.29) is 19.8 Å². The summed E-state index contributed by atoms with van der Waals surface area (Å²) < 4.78 is 0. The highest BCUT2D eigenvalue weighted by atomic mass is 32.1. The minimum atomic E-state index is -1.06. The normalized spacial score (nSPS) is 11.6. The number of aliphatic hydroxyl groups excluding tert-OH is 2. The van der Waals surface area contributed by atoms with Crippen molar-refractivity contribution in [1.82, 2.24) is 25.5 Å². The van der Waals surface area contributed by atoms with E-state index in [1.807, 2.05) is 16.8 Å². The number of hydrogen-bond acceptors (Lipinski definition) is 7. The number of tetrazole rings is 1. The van der Waals surface area contributed by atoms with E-state index in [1.54, 1.807) is 0 Å². The first kappa shape index (κ1) is 14.6. The van der Waals surface area contributed by atoms with Gasteiger partial charge in [-0.1, -0.05) is 0 Å². The number of carbonyl (C=O) groups excluding carboxylic acids is 1. The van der Waals surface area contributed by atoms with E-state index in [4.69, 9.17) is 10.2 Å². The third-order valence-corrected chi connectivity index (χ3v) is 3.34. The fourth-order valence-electron chi connectivity index (χ4n) is 1.45. The minimum Gasteiger partial charge on any atom is -0.394 e. The minimum absolute atomic E-state index is 0.132. The Balaban J connectivity index is 1.99. The van der Waals surface area contributed by atoms with Crippen LogP contribution in [0.2, 0.25) is 0 Å². The standard InChI is InChI=1S/C11H15N5O3S/c1-11(6-17,7-18)12-9(19)4-16-14-10(13-15-16)8-2-3-20-5-8/h2-3,5,17-18H,4,6-7H2,1H3,(H,12,19). The highest BCUT2D eigenvalue weighted by Crippen LogP contribution is 2.16. The largest absolute Gasteiger partial charge is 0.394 e. The Bertz CT molecular complexity index is 564. The molecule has 1 amide bonds. The van der Waals surface area contributed by atoms with Gasteiger partial charge in [0.25, 0.3) is 0 Å². The molecule has 0 unspecified atom stereocenters. The Hall–Kier alpha value is -1.84. The fourth-order valence-corrected chi connectivity index (χ4v) is 2.09. The lowest BCUT2D eigenvalue weighted by Crippen LogP contribution is -2.52. The van der Waals surface area contributed by atoms with Crippen molar-refractivity contribution in [2.45, 2.75) is 19.0 Å². The summed E-state index contributed by atoms with van der Waals surface area (Å²) >= 11 is 1.52. The van der Waals surface area contributed by atoms with Crippen LogP contribution in [0.25, 0.3) is 11.4 Å². The van der Waals surface area contributed by atoms with Crippen LogP contribution in [0.1, 0.15) is 6.92 Å². The molecule has 0 aliphatic carbocycles. The maximum absolute atomic E-state index is 11.8. The van der Waals surface area contributed by atoms with Gasteiger partial charge in [-0.2, -0.15) is 16.1 Å². The summed E-state index contributed by atoms with van der Waals surface area (Å²) in [5, 5.41) is 36.3. The van der Waals surface area contributed by atoms with Gasteiger partial charge in [-0.05, 0) is 23.6 Å². The van der Waals surface area contributed by atoms with Gasteiger partial charge < -0.3 is 15.5 Å². The number of rotatable bonds is 6. The molecule has 20 heavy (non-hydrogen) atoms. The van der Waals surface area contributed by atoms with Gasteiger partial charge in [0.05, 0.1) is 18.8 Å². The van der Waals surface area contributed by atoms with Gasteiger partial charge in [0, 0.05) is 10.9 Å². The topological polar surface area (TPSA) is 113 Å². The van der Waals surface area contributed by atoms with Gasteiger partial charge in [-0.25, -0.2) is 0 Å². The zero-order valence-electron chi connectivity index (χ0n) is 10.9. The quantitative estimate of drug-likeness (QED) is 0.647. The summed E-state index contributed by atoms with van der Waals surface area (Å²) in [6.07, 6.45) is 0. The molecule has 0 atom stereocenters. The molecule has 0 aliphatic rings. The molecular formula is C11H15N5O3S. The monoisotopic (exact) mass is 297 g/mol. The molecule has 0 aliphatic heterocycles. The first-order valence-electron chi connectivity index (χ1n) is 5.89. The third kappa shape index (κ3) is 3.38. The molecule has 108 valence electrons. The number of hydrogen-bond donors (Lipinski definition) is 3. The third-order valence-electron chi connectivity index (χ3n) is 2.66. The molecule has 0 saturated carbocycles. The molecule has 0 radical (unpaired) electrons. The van der Waals surface area contributed by atoms with E-state index in [1.165, 1.54) is 18.3 Å². The second-order valence-corrected chi connectivity index (χ2v) is 5.36. The van der Waals surface area contributed by atoms with Crippen molar-refractivity contribution in [2.24, 2.45) is 0 Å². The van der Waals surface area contributed by atoms with Crippen molar-refractivity contribution in [2.75, 3.05) is 13.2 Å². The van der Waals surface area contributed by atoms with Crippen LogP contribution in [0.4, 0.5) is 0 Å². The SMILES string of the molecule is CC(CO)(CO)NC(=O)Cn1nnc(-c2ccsc2)n1. The van der Waals surface area contributed by atoms with Crippen LogP contribution < -0.4 is 5.32 Å². The van der Waals surface area contributed by atoms with Crippen molar-refractivity contribution in [3.63, 3.8) is 0 Å². The second kappa shape index (κ2) is 6.07. The Morgan fingerprint density at radius 1 is 1.50 bits per heavy atom. The first-order chi connectivity index (χ1) is 9.56. The predicted molar refractivity (Wildman–Crippen MR) is 71.8 cm³/mol. The van der Waals surface area contributed by atoms with E-state index in [2.05, 4.69) is 20.7 Å². The molecule has 9 heteroatoms. The van der Waals surface area contributed by atoms with Gasteiger partial charge >= 0.3 is 0 Å². The van der Waals surface area contributed by atoms with Gasteiger partial charge in [0.1, 0.15) is 6.54 Å². The highest BCUT2D eigenvalue weighted by molar-refractivity contribution is 7.08. The van der Waals surface area contributed by atoms with Crippen LogP contribution in [0.3, 0.4) is 0 Å². The molecule has 0 fully saturated rings. The number of thiophene rings is 1. The molecule has 8 nitrogen and oxygen atoms in total. The number of amides is 1. The first-order valence-corrected chi connectivity index (χ1v) is 6.84. The summed E-state index contributed by atoms with van der Waals surface area (Å²) in [7, 11) is 0. The number of nitrogens with zero attached hydrogens (tertiary/aromatic N) is 4. The zero-order chi connectivity index (χ0) is 14.6. The molecule has 2 aromatic rings. The highest BCUT2D eigenvalue weighted by Gasteiger charge is 2.24. The zero-order valence-corrected chi connectivity index (χ0v) is 11.7. The summed E-state index contributed by atoms with van der Waals surface area (Å²) in [6, 6.07) is 1.86. The maximum atomic E-state index is 11.8. The molecule has 0 spiro atoms. The lowest BCUT2D eigenvalue weighted by molar-refractivity contribution is -0.125. The molecule has 2 heterocycles. The lowest BCUT2D eigenvalue weighted by Gasteiger charge is -2.25. The Morgan fingerprint density at radius 3 is 2.85 bits per heavy atom. The molecule has 2 aromatic heterocycles. The van der Waals surface area contributed by atoms with Crippen molar-refractivity contribution >= 4 is 17.2 Å². The predicted octanol–water partition coefficient (Wildman–Crippen LogP) is -0.739. The number of aromatic nitrogens is 4. The van der Waals surface area contributed by atoms with E-state index in [0.717, 1.165) is 10.4 Å². The van der Waals surface area contributed by atoms with Crippen LogP contribution >= 0.6 is 11.3 Å². The van der Waals surface area contributed by atoms with Gasteiger partial charge in [0.2, 0.25) is 11.7 Å². The fraction of sp³-hybridized carbons (Fsp3) is 0.455. The molecular weight excluding hydrogens is 282 g/mol. The Labute approximate surface area is 119 Å². The van der Waals surface area contributed by atoms with Crippen LogP contribution in [0.5, 0.6) is 0 Å². The average Bonchev–Trinajstić information content (AvgIpc) is 3.08. The van der Waals surface area contributed by atoms with Crippen molar-refractivity contribution in [3.8, 4) is 11.4 Å². The summed E-state index contributed by atoms with van der Waals surface area (Å²) in [5.41, 5.74) is -0.217. The summed E-state index contributed by atoms with van der Waals surface area (Å²) in [5.74, 6) is 0.0380. The summed E-state index contributed by atoms with van der Waals surface area (Å²) in [4.78, 5) is 12.9. The van der Waals surface area contributed by atoms with Crippen molar-refractivity contribution in [3.05, 3.63) is 16.8 Å². The van der Waals surface area contributed by atoms with Gasteiger partial charge in [-0.3, -0.25) is 4.79 Å². The van der Waals surface area contributed by atoms with Gasteiger partial charge in [0.15, 0.2) is 0 Å². The number of carbonyl (C=O) groups is 1. The van der Waals surface area contributed by atoms with Gasteiger partial charge in [-0.15, -0.1) is 10.2 Å². The van der Waals surface area contributed by atoms with Crippen molar-refractivity contribution in [1.29, 1.82) is 0 Å². The van der Waals surface area contributed by atoms with E-state index < -0.39 is 11.4 Å². The molecule has 0 bridgehead atoms. The van der Waals surface area contributed by atoms with Crippen LogP contribution in [-0.4, -0.2) is 55.1 Å². The summed E-state index contributed by atoms with van der Waals surface area (Å²) in [6.45, 7) is 0.684. The Morgan fingerprint density at radius 2 is 2.25 bits per heavy atom. The molecule has 3 N–H and O–H groups in total. The molecule has 0 saturated heterocycles. The average molecular weight is 297 g/mol. The second-order valence-electron chi connectivity index (χ2n) is 4.58. The maximum Gasteiger partial charge on any atom is 0.244 e. The Kier molecular flexibility index (Phi) is 4.42. The van der Waals surface area contributed by atoms with E-state index in [9.17, 15) is 4.79 Å². The van der Waals surface area contributed by atoms with Crippen LogP contribution in [-0.2, 0) is 11.3 Å². The van der Waals surface area contributed by atoms with Crippen LogP contribution in [0.15, 0.2) is 16.8 Å². The van der Waals surface area contributed by atoms with E-state index >= 15 is 0 Å². The van der Waals surface area contributed by atoms with Crippen LogP contribution in [0, 0.1) is 0 Å². The molecule has 0 aromatic carbocycles. The van der Waals surface area contributed by atoms with Crippen molar-refractivity contribution < 1.29 is 15.0 Å². The number of aliphatic hydroxyl groups is 2. The smallest absolute Gasteiger partial charge is 0.244 e. The number of nitrogens with one attached hydrogen (secondary N) is 1. The lowest BCUT2D eigenvalue weighted by atomic mass is 10.1. The van der Waals surface area contributed by atoms with E-state index in [0.29, 0.717) is 5.82 Å².